The molecule has 3 aromatic rings. The van der Waals surface area contributed by atoms with Gasteiger partial charge in [-0.3, -0.25) is 9.59 Å². The van der Waals surface area contributed by atoms with Crippen LogP contribution in [0.15, 0.2) is 48.5 Å². The minimum Gasteiger partial charge on any atom is -0.355 e. The van der Waals surface area contributed by atoms with Gasteiger partial charge in [0.2, 0.25) is 11.8 Å². The Balaban J connectivity index is 1.42. The lowest BCUT2D eigenvalue weighted by atomic mass is 10.1. The van der Waals surface area contributed by atoms with Crippen molar-refractivity contribution in [2.75, 3.05) is 19.6 Å². The van der Waals surface area contributed by atoms with Gasteiger partial charge >= 0.3 is 0 Å². The third-order valence-corrected chi connectivity index (χ3v) is 6.02. The van der Waals surface area contributed by atoms with E-state index in [9.17, 15) is 9.59 Å². The fourth-order valence-electron chi connectivity index (χ4n) is 4.23. The average Bonchev–Trinajstić information content (AvgIpc) is 3.13. The Morgan fingerprint density at radius 3 is 2.55 bits per heavy atom. The van der Waals surface area contributed by atoms with Crippen molar-refractivity contribution in [1.82, 2.24) is 19.8 Å². The number of imidazole rings is 1. The van der Waals surface area contributed by atoms with E-state index in [-0.39, 0.29) is 11.8 Å². The van der Waals surface area contributed by atoms with E-state index in [1.807, 2.05) is 64.9 Å². The second-order valence-electron chi connectivity index (χ2n) is 8.25. The molecule has 1 N–H and O–H groups in total. The van der Waals surface area contributed by atoms with Crippen molar-refractivity contribution in [2.45, 2.75) is 45.6 Å². The number of fused-ring (bicyclic) bond motifs is 1. The van der Waals surface area contributed by atoms with Gasteiger partial charge in [0.25, 0.3) is 0 Å². The Bertz CT molecular complexity index is 1070. The van der Waals surface area contributed by atoms with E-state index in [4.69, 9.17) is 4.98 Å². The normalized spacial score (nSPS) is 14.0. The van der Waals surface area contributed by atoms with Crippen LogP contribution in [0.5, 0.6) is 0 Å². The summed E-state index contributed by atoms with van der Waals surface area (Å²) < 4.78 is 2.01. The van der Waals surface area contributed by atoms with E-state index < -0.39 is 0 Å². The summed E-state index contributed by atoms with van der Waals surface area (Å²) in [7, 11) is 0. The number of carbonyl (C=O) groups excluding carboxylic acids is 2. The number of amides is 2. The summed E-state index contributed by atoms with van der Waals surface area (Å²) in [4.78, 5) is 32.0. The van der Waals surface area contributed by atoms with Crippen LogP contribution in [-0.2, 0) is 29.0 Å². The predicted octanol–water partition coefficient (Wildman–Crippen LogP) is 3.26. The Morgan fingerprint density at radius 2 is 1.74 bits per heavy atom. The standard InChI is InChI=1S/C25H30N4O2/c1-19-9-3-4-10-20(19)17-24(30)26-14-13-23-27-21-11-5-6-12-22(21)29(23)18-25(31)28-15-7-2-8-16-28/h3-6,9-12H,2,7-8,13-18H2,1H3,(H,26,30). The number of hydrogen-bond donors (Lipinski definition) is 1. The highest BCUT2D eigenvalue weighted by atomic mass is 16.2. The molecule has 0 aliphatic carbocycles. The second kappa shape index (κ2) is 9.77. The fraction of sp³-hybridized carbons (Fsp3) is 0.400. The van der Waals surface area contributed by atoms with Crippen LogP contribution in [0.3, 0.4) is 0 Å². The van der Waals surface area contributed by atoms with E-state index in [1.54, 1.807) is 0 Å². The summed E-state index contributed by atoms with van der Waals surface area (Å²) in [6.45, 7) is 4.49. The van der Waals surface area contributed by atoms with Crippen LogP contribution in [-0.4, -0.2) is 45.9 Å². The lowest BCUT2D eigenvalue weighted by molar-refractivity contribution is -0.132. The maximum Gasteiger partial charge on any atom is 0.242 e. The highest BCUT2D eigenvalue weighted by Gasteiger charge is 2.20. The Hall–Kier alpha value is -3.15. The zero-order valence-corrected chi connectivity index (χ0v) is 18.1. The number of para-hydroxylation sites is 2. The first-order valence-corrected chi connectivity index (χ1v) is 11.1. The maximum atomic E-state index is 12.9. The topological polar surface area (TPSA) is 67.2 Å². The summed E-state index contributed by atoms with van der Waals surface area (Å²) in [6.07, 6.45) is 4.32. The highest BCUT2D eigenvalue weighted by molar-refractivity contribution is 5.81. The summed E-state index contributed by atoms with van der Waals surface area (Å²) in [6, 6.07) is 15.8. The molecule has 1 saturated heterocycles. The van der Waals surface area contributed by atoms with Gasteiger partial charge in [0, 0.05) is 26.1 Å². The minimum atomic E-state index is 0.00125. The van der Waals surface area contributed by atoms with Crippen molar-refractivity contribution in [3.05, 3.63) is 65.5 Å². The molecular formula is C25H30N4O2. The quantitative estimate of drug-likeness (QED) is 0.640. The molecule has 2 aromatic carbocycles. The molecule has 0 spiro atoms. The zero-order chi connectivity index (χ0) is 21.6. The minimum absolute atomic E-state index is 0.00125. The number of hydrogen-bond acceptors (Lipinski definition) is 3. The van der Waals surface area contributed by atoms with Crippen molar-refractivity contribution in [3.63, 3.8) is 0 Å². The molecular weight excluding hydrogens is 388 g/mol. The number of likely N-dealkylation sites (tertiary alicyclic amines) is 1. The van der Waals surface area contributed by atoms with Gasteiger partial charge in [0.1, 0.15) is 12.4 Å². The van der Waals surface area contributed by atoms with Crippen molar-refractivity contribution in [1.29, 1.82) is 0 Å². The number of aromatic nitrogens is 2. The Kier molecular flexibility index (Phi) is 6.65. The van der Waals surface area contributed by atoms with Gasteiger partial charge in [-0.05, 0) is 49.4 Å². The van der Waals surface area contributed by atoms with Gasteiger partial charge in [-0.15, -0.1) is 0 Å². The predicted molar refractivity (Wildman–Crippen MR) is 122 cm³/mol. The summed E-state index contributed by atoms with van der Waals surface area (Å²) in [5, 5.41) is 3.01. The number of nitrogens with zero attached hydrogens (tertiary/aromatic N) is 3. The maximum absolute atomic E-state index is 12.9. The smallest absolute Gasteiger partial charge is 0.242 e. The molecule has 6 nitrogen and oxygen atoms in total. The molecule has 0 unspecified atom stereocenters. The molecule has 0 atom stereocenters. The number of aryl methyl sites for hydroxylation is 1. The molecule has 31 heavy (non-hydrogen) atoms. The van der Waals surface area contributed by atoms with Crippen LogP contribution in [0.25, 0.3) is 11.0 Å². The molecule has 1 aliphatic rings. The molecule has 6 heteroatoms. The van der Waals surface area contributed by atoms with Crippen LogP contribution >= 0.6 is 0 Å². The molecule has 0 saturated carbocycles. The first-order chi connectivity index (χ1) is 15.1. The molecule has 1 fully saturated rings. The first kappa shape index (κ1) is 21.1. The highest BCUT2D eigenvalue weighted by Crippen LogP contribution is 2.18. The SMILES string of the molecule is Cc1ccccc1CC(=O)NCCc1nc2ccccc2n1CC(=O)N1CCCCC1. The summed E-state index contributed by atoms with van der Waals surface area (Å²) >= 11 is 0. The number of benzene rings is 2. The fourth-order valence-corrected chi connectivity index (χ4v) is 4.23. The molecule has 0 bridgehead atoms. The van der Waals surface area contributed by atoms with E-state index in [2.05, 4.69) is 5.32 Å². The van der Waals surface area contributed by atoms with Crippen molar-refractivity contribution in [3.8, 4) is 0 Å². The zero-order valence-electron chi connectivity index (χ0n) is 18.1. The third kappa shape index (κ3) is 5.13. The Labute approximate surface area is 183 Å². The Morgan fingerprint density at radius 1 is 1.00 bits per heavy atom. The molecule has 1 aromatic heterocycles. The van der Waals surface area contributed by atoms with Crippen LogP contribution in [0.2, 0.25) is 0 Å². The molecule has 162 valence electrons. The van der Waals surface area contributed by atoms with E-state index in [1.165, 1.54) is 6.42 Å². The average molecular weight is 419 g/mol. The largest absolute Gasteiger partial charge is 0.355 e. The van der Waals surface area contributed by atoms with Crippen LogP contribution in [0.4, 0.5) is 0 Å². The molecule has 4 rings (SSSR count). The van der Waals surface area contributed by atoms with E-state index in [0.29, 0.717) is 25.9 Å². The third-order valence-electron chi connectivity index (χ3n) is 6.02. The lowest BCUT2D eigenvalue weighted by Crippen LogP contribution is -2.38. The number of piperidine rings is 1. The van der Waals surface area contributed by atoms with Crippen molar-refractivity contribution >= 4 is 22.8 Å². The molecule has 1 aliphatic heterocycles. The summed E-state index contributed by atoms with van der Waals surface area (Å²) in [5.74, 6) is 0.983. The molecule has 2 amide bonds. The number of nitrogens with one attached hydrogen (secondary N) is 1. The van der Waals surface area contributed by atoms with E-state index >= 15 is 0 Å². The van der Waals surface area contributed by atoms with Gasteiger partial charge in [0.05, 0.1) is 17.5 Å². The van der Waals surface area contributed by atoms with Gasteiger partial charge in [-0.25, -0.2) is 4.98 Å². The van der Waals surface area contributed by atoms with Crippen molar-refractivity contribution < 1.29 is 9.59 Å². The van der Waals surface area contributed by atoms with Gasteiger partial charge in [-0.2, -0.15) is 0 Å². The molecule has 2 heterocycles. The van der Waals surface area contributed by atoms with Gasteiger partial charge < -0.3 is 14.8 Å². The van der Waals surface area contributed by atoms with Crippen LogP contribution < -0.4 is 5.32 Å². The van der Waals surface area contributed by atoms with Gasteiger partial charge in [-0.1, -0.05) is 36.4 Å². The van der Waals surface area contributed by atoms with Crippen molar-refractivity contribution in [2.24, 2.45) is 0 Å². The second-order valence-corrected chi connectivity index (χ2v) is 8.25. The number of rotatable bonds is 7. The molecule has 0 radical (unpaired) electrons. The monoisotopic (exact) mass is 418 g/mol. The number of carbonyl (C=O) groups is 2. The lowest BCUT2D eigenvalue weighted by Gasteiger charge is -2.27. The van der Waals surface area contributed by atoms with E-state index in [0.717, 1.165) is 53.9 Å². The van der Waals surface area contributed by atoms with Gasteiger partial charge in [0.15, 0.2) is 0 Å². The summed E-state index contributed by atoms with van der Waals surface area (Å²) in [5.41, 5.74) is 4.01. The van der Waals surface area contributed by atoms with Crippen LogP contribution in [0.1, 0.15) is 36.2 Å². The van der Waals surface area contributed by atoms with Crippen LogP contribution in [0, 0.1) is 6.92 Å². The first-order valence-electron chi connectivity index (χ1n) is 11.1.